The molecule has 0 radical (unpaired) electrons. The van der Waals surface area contributed by atoms with Gasteiger partial charge in [0.25, 0.3) is 0 Å². The number of benzene rings is 5. The third-order valence-electron chi connectivity index (χ3n) is 9.44. The second kappa shape index (κ2) is 9.56. The summed E-state index contributed by atoms with van der Waals surface area (Å²) in [5.74, 6) is 0. The minimum Gasteiger partial charge on any atom is -0.399 e. The highest BCUT2D eigenvalue weighted by molar-refractivity contribution is 6.62. The number of rotatable bonds is 4. The molecule has 204 valence electrons. The maximum absolute atomic E-state index is 9.32. The lowest BCUT2D eigenvalue weighted by atomic mass is 9.65. The molecule has 2 aliphatic rings. The predicted molar refractivity (Wildman–Crippen MR) is 170 cm³/mol. The minimum atomic E-state index is -0.546. The zero-order chi connectivity index (χ0) is 29.1. The van der Waals surface area contributed by atoms with Crippen molar-refractivity contribution in [2.24, 2.45) is 0 Å². The molecule has 0 aromatic heterocycles. The average Bonchev–Trinajstić information content (AvgIpc) is 3.44. The van der Waals surface area contributed by atoms with Crippen LogP contribution in [0.3, 0.4) is 0 Å². The van der Waals surface area contributed by atoms with Gasteiger partial charge in [-0.05, 0) is 95.9 Å². The van der Waals surface area contributed by atoms with Crippen molar-refractivity contribution < 1.29 is 9.31 Å². The lowest BCUT2D eigenvalue weighted by Crippen LogP contribution is -2.41. The van der Waals surface area contributed by atoms with Crippen molar-refractivity contribution in [1.29, 1.82) is 5.26 Å². The molecule has 0 N–H and O–H groups in total. The summed E-state index contributed by atoms with van der Waals surface area (Å²) in [6, 6.07) is 45.2. The molecule has 7 rings (SSSR count). The van der Waals surface area contributed by atoms with Crippen molar-refractivity contribution in [3.05, 3.63) is 149 Å². The van der Waals surface area contributed by atoms with E-state index in [1.165, 1.54) is 33.4 Å². The smallest absolute Gasteiger partial charge is 0.399 e. The Morgan fingerprint density at radius 1 is 0.571 bits per heavy atom. The van der Waals surface area contributed by atoms with Crippen LogP contribution in [-0.2, 0) is 14.7 Å². The zero-order valence-corrected chi connectivity index (χ0v) is 24.4. The first kappa shape index (κ1) is 26.5. The maximum atomic E-state index is 9.32. The third-order valence-corrected chi connectivity index (χ3v) is 9.44. The highest BCUT2D eigenvalue weighted by atomic mass is 16.7. The van der Waals surface area contributed by atoms with Gasteiger partial charge in [-0.3, -0.25) is 0 Å². The molecule has 0 atom stereocenters. The van der Waals surface area contributed by atoms with E-state index in [-0.39, 0.29) is 0 Å². The molecule has 1 heterocycles. The molecule has 0 bridgehead atoms. The van der Waals surface area contributed by atoms with E-state index >= 15 is 0 Å². The SMILES string of the molecule is CC1(C)OB(c2cccc(C3(c4cccc(-c5ccc(C#N)cc5)c4)c4ccccc4-c4ccccc43)c2)OC1(C)C. The number of hydrogen-bond donors (Lipinski definition) is 0. The predicted octanol–water partition coefficient (Wildman–Crippen LogP) is 7.89. The Balaban J connectivity index is 1.47. The molecule has 1 fully saturated rings. The summed E-state index contributed by atoms with van der Waals surface area (Å²) in [5, 5.41) is 9.32. The topological polar surface area (TPSA) is 42.2 Å². The first-order valence-electron chi connectivity index (χ1n) is 14.5. The van der Waals surface area contributed by atoms with Gasteiger partial charge in [-0.2, -0.15) is 5.26 Å². The largest absolute Gasteiger partial charge is 0.494 e. The fraction of sp³-hybridized carbons (Fsp3) is 0.184. The van der Waals surface area contributed by atoms with Crippen LogP contribution in [0.1, 0.15) is 55.5 Å². The first-order valence-corrected chi connectivity index (χ1v) is 14.5. The van der Waals surface area contributed by atoms with E-state index in [1.54, 1.807) is 0 Å². The monoisotopic (exact) mass is 545 g/mol. The molecule has 0 saturated carbocycles. The van der Waals surface area contributed by atoms with E-state index in [1.807, 2.05) is 24.3 Å². The van der Waals surface area contributed by atoms with E-state index in [9.17, 15) is 5.26 Å². The third kappa shape index (κ3) is 3.89. The lowest BCUT2D eigenvalue weighted by Gasteiger charge is -2.34. The van der Waals surface area contributed by atoms with Crippen LogP contribution in [0.15, 0.2) is 121 Å². The van der Waals surface area contributed by atoms with Crippen LogP contribution in [-0.4, -0.2) is 18.3 Å². The Hall–Kier alpha value is -4.43. The number of nitrogens with zero attached hydrogens (tertiary/aromatic N) is 1. The van der Waals surface area contributed by atoms with Crippen molar-refractivity contribution in [2.45, 2.75) is 44.3 Å². The van der Waals surface area contributed by atoms with E-state index in [2.05, 4.69) is 131 Å². The Labute approximate surface area is 248 Å². The van der Waals surface area contributed by atoms with Crippen molar-refractivity contribution in [1.82, 2.24) is 0 Å². The van der Waals surface area contributed by atoms with Gasteiger partial charge in [0.15, 0.2) is 0 Å². The Morgan fingerprint density at radius 3 is 1.71 bits per heavy atom. The summed E-state index contributed by atoms with van der Waals surface area (Å²) in [5.41, 5.74) is 9.84. The van der Waals surface area contributed by atoms with Gasteiger partial charge in [0, 0.05) is 0 Å². The molecule has 1 aliphatic carbocycles. The fourth-order valence-electron chi connectivity index (χ4n) is 6.59. The molecule has 0 spiro atoms. The molecule has 5 aromatic carbocycles. The van der Waals surface area contributed by atoms with Crippen molar-refractivity contribution in [2.75, 3.05) is 0 Å². The molecule has 0 amide bonds. The molecular formula is C38H32BNO2. The molecule has 1 saturated heterocycles. The average molecular weight is 545 g/mol. The molecule has 4 heteroatoms. The minimum absolute atomic E-state index is 0.423. The Morgan fingerprint density at radius 2 is 1.12 bits per heavy atom. The summed E-state index contributed by atoms with van der Waals surface area (Å²) in [6.45, 7) is 8.37. The summed E-state index contributed by atoms with van der Waals surface area (Å²) >= 11 is 0. The van der Waals surface area contributed by atoms with Crippen molar-refractivity contribution in [3.63, 3.8) is 0 Å². The quantitative estimate of drug-likeness (QED) is 0.212. The van der Waals surface area contributed by atoms with Gasteiger partial charge in [-0.15, -0.1) is 0 Å². The van der Waals surface area contributed by atoms with Crippen LogP contribution in [0.5, 0.6) is 0 Å². The lowest BCUT2D eigenvalue weighted by molar-refractivity contribution is 0.00578. The van der Waals surface area contributed by atoms with Gasteiger partial charge in [0.2, 0.25) is 0 Å². The molecule has 0 unspecified atom stereocenters. The Kier molecular flexibility index (Phi) is 6.03. The van der Waals surface area contributed by atoms with Crippen molar-refractivity contribution in [3.8, 4) is 28.3 Å². The van der Waals surface area contributed by atoms with Crippen LogP contribution in [0.25, 0.3) is 22.3 Å². The molecular weight excluding hydrogens is 513 g/mol. The van der Waals surface area contributed by atoms with Gasteiger partial charge in [0.1, 0.15) is 0 Å². The molecule has 5 aromatic rings. The van der Waals surface area contributed by atoms with Gasteiger partial charge in [-0.1, -0.05) is 103 Å². The van der Waals surface area contributed by atoms with E-state index in [0.717, 1.165) is 16.6 Å². The van der Waals surface area contributed by atoms with Gasteiger partial charge >= 0.3 is 7.12 Å². The Bertz CT molecular complexity index is 1800. The van der Waals surface area contributed by atoms with Crippen LogP contribution in [0.2, 0.25) is 0 Å². The normalized spacial score (nSPS) is 17.4. The van der Waals surface area contributed by atoms with Crippen LogP contribution >= 0.6 is 0 Å². The van der Waals surface area contributed by atoms with Crippen LogP contribution in [0.4, 0.5) is 0 Å². The fourth-order valence-corrected chi connectivity index (χ4v) is 6.59. The van der Waals surface area contributed by atoms with E-state index in [0.29, 0.717) is 5.56 Å². The summed E-state index contributed by atoms with van der Waals surface area (Å²) < 4.78 is 13.0. The molecule has 42 heavy (non-hydrogen) atoms. The second-order valence-electron chi connectivity index (χ2n) is 12.3. The van der Waals surface area contributed by atoms with Gasteiger partial charge in [0.05, 0.1) is 28.2 Å². The maximum Gasteiger partial charge on any atom is 0.494 e. The molecule has 3 nitrogen and oxygen atoms in total. The standard InChI is InChI=1S/C38H32BNO2/c1-36(2)37(3,4)42-39(41-36)31-14-10-13-30(24-31)38(34-17-7-5-15-32(34)33-16-6-8-18-35(33)38)29-12-9-11-28(23-29)27-21-19-26(25-40)20-22-27/h5-24H,1-4H3. The number of hydrogen-bond acceptors (Lipinski definition) is 3. The van der Waals surface area contributed by atoms with Crippen LogP contribution < -0.4 is 5.46 Å². The molecule has 1 aliphatic heterocycles. The number of fused-ring (bicyclic) bond motifs is 3. The zero-order valence-electron chi connectivity index (χ0n) is 24.4. The van der Waals surface area contributed by atoms with Gasteiger partial charge < -0.3 is 9.31 Å². The summed E-state index contributed by atoms with van der Waals surface area (Å²) in [4.78, 5) is 0. The van der Waals surface area contributed by atoms with Gasteiger partial charge in [-0.25, -0.2) is 0 Å². The first-order chi connectivity index (χ1) is 20.2. The van der Waals surface area contributed by atoms with E-state index < -0.39 is 23.7 Å². The van der Waals surface area contributed by atoms with Crippen molar-refractivity contribution >= 4 is 12.6 Å². The number of nitriles is 1. The highest BCUT2D eigenvalue weighted by Gasteiger charge is 2.52. The summed E-state index contributed by atoms with van der Waals surface area (Å²) in [7, 11) is -0.455. The van der Waals surface area contributed by atoms with E-state index in [4.69, 9.17) is 9.31 Å². The van der Waals surface area contributed by atoms with Crippen LogP contribution in [0, 0.1) is 11.3 Å². The highest BCUT2D eigenvalue weighted by Crippen LogP contribution is 2.56. The second-order valence-corrected chi connectivity index (χ2v) is 12.3. The summed E-state index contributed by atoms with van der Waals surface area (Å²) in [6.07, 6.45) is 0.